The Morgan fingerprint density at radius 1 is 1.35 bits per heavy atom. The van der Waals surface area contributed by atoms with Gasteiger partial charge in [0.05, 0.1) is 0 Å². The van der Waals surface area contributed by atoms with Crippen molar-refractivity contribution < 1.29 is 0 Å². The first-order chi connectivity index (χ1) is 9.50. The Morgan fingerprint density at radius 2 is 2.10 bits per heavy atom. The number of nitrogens with two attached hydrogens (primary N) is 1. The Kier molecular flexibility index (Phi) is 5.44. The van der Waals surface area contributed by atoms with Crippen LogP contribution in [-0.2, 0) is 0 Å². The molecule has 0 saturated carbocycles. The van der Waals surface area contributed by atoms with Crippen molar-refractivity contribution in [1.82, 2.24) is 0 Å². The number of benzene rings is 1. The molecule has 2 N–H and O–H groups in total. The second kappa shape index (κ2) is 6.90. The van der Waals surface area contributed by atoms with Crippen LogP contribution in [0.2, 0.25) is 0 Å². The van der Waals surface area contributed by atoms with Gasteiger partial charge in [-0.05, 0) is 59.2 Å². The van der Waals surface area contributed by atoms with Gasteiger partial charge in [0.1, 0.15) is 4.99 Å². The lowest BCUT2D eigenvalue weighted by Gasteiger charge is -2.26. The van der Waals surface area contributed by atoms with Crippen LogP contribution in [0.3, 0.4) is 0 Å². The van der Waals surface area contributed by atoms with Crippen LogP contribution in [0.4, 0.5) is 5.69 Å². The average molecular weight is 355 g/mol. The van der Waals surface area contributed by atoms with Gasteiger partial charge < -0.3 is 10.6 Å². The molecule has 1 heterocycles. The molecule has 0 radical (unpaired) electrons. The summed E-state index contributed by atoms with van der Waals surface area (Å²) in [7, 11) is 0. The van der Waals surface area contributed by atoms with Gasteiger partial charge in [0.2, 0.25) is 0 Å². The molecular weight excluding hydrogens is 332 g/mol. The number of nitrogens with zero attached hydrogens (tertiary/aromatic N) is 1. The van der Waals surface area contributed by atoms with Crippen LogP contribution in [0.1, 0.15) is 38.7 Å². The van der Waals surface area contributed by atoms with Crippen molar-refractivity contribution in [3.8, 4) is 0 Å². The van der Waals surface area contributed by atoms with Gasteiger partial charge >= 0.3 is 0 Å². The van der Waals surface area contributed by atoms with Crippen molar-refractivity contribution in [1.29, 1.82) is 0 Å². The number of anilines is 1. The minimum Gasteiger partial charge on any atom is -0.389 e. The zero-order valence-corrected chi connectivity index (χ0v) is 14.6. The van der Waals surface area contributed by atoms with E-state index in [9.17, 15) is 0 Å². The van der Waals surface area contributed by atoms with Crippen molar-refractivity contribution in [3.05, 3.63) is 28.2 Å². The fourth-order valence-electron chi connectivity index (χ4n) is 3.05. The predicted molar refractivity (Wildman–Crippen MR) is 94.4 cm³/mol. The van der Waals surface area contributed by atoms with Crippen LogP contribution in [0, 0.1) is 11.8 Å². The van der Waals surface area contributed by atoms with Gasteiger partial charge in [-0.15, -0.1) is 0 Å². The summed E-state index contributed by atoms with van der Waals surface area (Å²) in [6.45, 7) is 6.85. The van der Waals surface area contributed by atoms with E-state index in [0.29, 0.717) is 4.99 Å². The molecule has 1 atom stereocenters. The largest absolute Gasteiger partial charge is 0.389 e. The van der Waals surface area contributed by atoms with E-state index in [-0.39, 0.29) is 0 Å². The Bertz CT molecular complexity index is 487. The predicted octanol–water partition coefficient (Wildman–Crippen LogP) is 4.35. The standard InChI is InChI=1S/C16H23BrN2S/c1-11(2)12-5-4-9-19(10-8-12)14-7-3-6-13(17)15(14)16(18)20/h3,6-7,11-12H,4-5,8-10H2,1-2H3,(H2,18,20). The molecule has 1 aliphatic heterocycles. The van der Waals surface area contributed by atoms with Gasteiger partial charge in [-0.25, -0.2) is 0 Å². The molecule has 2 rings (SSSR count). The third-order valence-electron chi connectivity index (χ3n) is 4.29. The fraction of sp³-hybridized carbons (Fsp3) is 0.562. The molecule has 1 aromatic rings. The summed E-state index contributed by atoms with van der Waals surface area (Å²) in [4.78, 5) is 2.92. The average Bonchev–Trinajstić information content (AvgIpc) is 2.63. The van der Waals surface area contributed by atoms with E-state index < -0.39 is 0 Å². The van der Waals surface area contributed by atoms with Crippen molar-refractivity contribution in [2.75, 3.05) is 18.0 Å². The second-order valence-electron chi connectivity index (χ2n) is 5.92. The minimum absolute atomic E-state index is 0.470. The lowest BCUT2D eigenvalue weighted by Crippen LogP contribution is -2.27. The van der Waals surface area contributed by atoms with Crippen molar-refractivity contribution in [3.63, 3.8) is 0 Å². The number of rotatable bonds is 3. The van der Waals surface area contributed by atoms with Crippen LogP contribution in [0.5, 0.6) is 0 Å². The summed E-state index contributed by atoms with van der Waals surface area (Å²) in [5.74, 6) is 1.60. The molecule has 1 fully saturated rings. The van der Waals surface area contributed by atoms with E-state index in [1.165, 1.54) is 24.9 Å². The lowest BCUT2D eigenvalue weighted by atomic mass is 9.89. The summed E-state index contributed by atoms with van der Waals surface area (Å²) in [5, 5.41) is 0. The lowest BCUT2D eigenvalue weighted by molar-refractivity contribution is 0.351. The molecule has 2 nitrogen and oxygen atoms in total. The van der Waals surface area contributed by atoms with Gasteiger partial charge in [-0.1, -0.05) is 32.1 Å². The van der Waals surface area contributed by atoms with Crippen molar-refractivity contribution in [2.45, 2.75) is 33.1 Å². The Labute approximate surface area is 135 Å². The van der Waals surface area contributed by atoms with E-state index in [0.717, 1.165) is 35.0 Å². The third-order valence-corrected chi connectivity index (χ3v) is 5.16. The highest BCUT2D eigenvalue weighted by atomic mass is 79.9. The zero-order chi connectivity index (χ0) is 14.7. The third kappa shape index (κ3) is 3.53. The Morgan fingerprint density at radius 3 is 2.75 bits per heavy atom. The molecular formula is C16H23BrN2S. The maximum atomic E-state index is 5.91. The molecule has 0 bridgehead atoms. The molecule has 20 heavy (non-hydrogen) atoms. The quantitative estimate of drug-likeness (QED) is 0.818. The first-order valence-electron chi connectivity index (χ1n) is 7.34. The van der Waals surface area contributed by atoms with Gasteiger partial charge in [0, 0.05) is 28.8 Å². The maximum Gasteiger partial charge on any atom is 0.107 e. The summed E-state index contributed by atoms with van der Waals surface area (Å²) >= 11 is 8.80. The van der Waals surface area contributed by atoms with Gasteiger partial charge in [-0.2, -0.15) is 0 Å². The van der Waals surface area contributed by atoms with E-state index in [1.807, 2.05) is 6.07 Å². The zero-order valence-electron chi connectivity index (χ0n) is 12.2. The van der Waals surface area contributed by atoms with Crippen LogP contribution < -0.4 is 10.6 Å². The molecule has 0 aliphatic carbocycles. The summed E-state index contributed by atoms with van der Waals surface area (Å²) < 4.78 is 0.993. The number of hydrogen-bond donors (Lipinski definition) is 1. The molecule has 1 aliphatic rings. The molecule has 0 aromatic heterocycles. The summed E-state index contributed by atoms with van der Waals surface area (Å²) in [6.07, 6.45) is 3.82. The topological polar surface area (TPSA) is 29.3 Å². The van der Waals surface area contributed by atoms with Gasteiger partial charge in [0.25, 0.3) is 0 Å². The Balaban J connectivity index is 2.24. The molecule has 4 heteroatoms. The minimum atomic E-state index is 0.470. The SMILES string of the molecule is CC(C)C1CCCN(c2cccc(Br)c2C(N)=S)CC1. The highest BCUT2D eigenvalue weighted by molar-refractivity contribution is 9.10. The van der Waals surface area contributed by atoms with E-state index >= 15 is 0 Å². The molecule has 1 unspecified atom stereocenters. The first-order valence-corrected chi connectivity index (χ1v) is 8.54. The van der Waals surface area contributed by atoms with Gasteiger partial charge in [-0.3, -0.25) is 0 Å². The Hall–Kier alpha value is -0.610. The molecule has 0 spiro atoms. The molecule has 110 valence electrons. The van der Waals surface area contributed by atoms with E-state index in [2.05, 4.69) is 46.8 Å². The van der Waals surface area contributed by atoms with Crippen LogP contribution in [0.25, 0.3) is 0 Å². The molecule has 1 aromatic carbocycles. The smallest absolute Gasteiger partial charge is 0.107 e. The van der Waals surface area contributed by atoms with E-state index in [1.54, 1.807) is 0 Å². The van der Waals surface area contributed by atoms with Crippen LogP contribution in [0.15, 0.2) is 22.7 Å². The second-order valence-corrected chi connectivity index (χ2v) is 7.21. The van der Waals surface area contributed by atoms with Crippen LogP contribution in [-0.4, -0.2) is 18.1 Å². The highest BCUT2D eigenvalue weighted by Gasteiger charge is 2.22. The van der Waals surface area contributed by atoms with Crippen LogP contribution >= 0.6 is 28.1 Å². The van der Waals surface area contributed by atoms with Gasteiger partial charge in [0.15, 0.2) is 0 Å². The molecule has 1 saturated heterocycles. The summed E-state index contributed by atoms with van der Waals surface area (Å²) in [6, 6.07) is 6.20. The number of thiocarbonyl (C=S) groups is 1. The first kappa shape index (κ1) is 15.8. The maximum absolute atomic E-state index is 5.91. The van der Waals surface area contributed by atoms with Crippen molar-refractivity contribution >= 4 is 38.8 Å². The highest BCUT2D eigenvalue weighted by Crippen LogP contribution is 2.32. The number of halogens is 1. The monoisotopic (exact) mass is 354 g/mol. The normalized spacial score (nSPS) is 20.0. The number of hydrogen-bond acceptors (Lipinski definition) is 2. The molecule has 0 amide bonds. The fourth-order valence-corrected chi connectivity index (χ4v) is 3.96. The summed E-state index contributed by atoms with van der Waals surface area (Å²) in [5.41, 5.74) is 8.07. The van der Waals surface area contributed by atoms with Crippen molar-refractivity contribution in [2.24, 2.45) is 17.6 Å². The van der Waals surface area contributed by atoms with E-state index in [4.69, 9.17) is 18.0 Å².